The highest BCUT2D eigenvalue weighted by Crippen LogP contribution is 2.14. The molecule has 0 aliphatic rings. The average Bonchev–Trinajstić information content (AvgIpc) is 2.58. The van der Waals surface area contributed by atoms with E-state index in [1.54, 1.807) is 16.8 Å². The van der Waals surface area contributed by atoms with E-state index in [1.165, 1.54) is 0 Å². The van der Waals surface area contributed by atoms with Gasteiger partial charge in [-0.15, -0.1) is 0 Å². The van der Waals surface area contributed by atoms with Crippen LogP contribution in [-0.4, -0.2) is 31.2 Å². The van der Waals surface area contributed by atoms with Crippen LogP contribution >= 0.6 is 11.6 Å². The predicted octanol–water partition coefficient (Wildman–Crippen LogP) is 0.570. The second kappa shape index (κ2) is 6.21. The number of primary sulfonamides is 1. The molecule has 6 nitrogen and oxygen atoms in total. The number of carbonyl (C=O) groups is 1. The summed E-state index contributed by atoms with van der Waals surface area (Å²) in [5.74, 6) is -0.653. The molecule has 0 radical (unpaired) electrons. The third-order valence-electron chi connectivity index (χ3n) is 2.23. The Labute approximate surface area is 111 Å². The zero-order valence-corrected chi connectivity index (χ0v) is 11.6. The maximum atomic E-state index is 11.8. The van der Waals surface area contributed by atoms with E-state index >= 15 is 0 Å². The van der Waals surface area contributed by atoms with Crippen molar-refractivity contribution in [3.63, 3.8) is 0 Å². The molecule has 0 atom stereocenters. The fourth-order valence-electron chi connectivity index (χ4n) is 1.49. The number of amides is 1. The number of rotatable bonds is 6. The molecule has 1 rings (SSSR count). The summed E-state index contributed by atoms with van der Waals surface area (Å²) < 4.78 is 23.2. The van der Waals surface area contributed by atoms with Crippen LogP contribution < -0.4 is 10.5 Å². The zero-order chi connectivity index (χ0) is 13.8. The standard InChI is InChI=1S/C10H16ClN3O3S/c1-2-4-14-7-8(11)6-9(14)10(15)13-3-5-18(12,16)17/h6-7H,2-5H2,1H3,(H,13,15)(H2,12,16,17). The van der Waals surface area contributed by atoms with Crippen LogP contribution in [0.25, 0.3) is 0 Å². The highest BCUT2D eigenvalue weighted by molar-refractivity contribution is 7.89. The number of halogens is 1. The molecule has 0 saturated heterocycles. The van der Waals surface area contributed by atoms with Crippen LogP contribution in [0.2, 0.25) is 5.02 Å². The minimum atomic E-state index is -3.56. The first-order valence-electron chi connectivity index (χ1n) is 5.48. The smallest absolute Gasteiger partial charge is 0.267 e. The van der Waals surface area contributed by atoms with E-state index in [1.807, 2.05) is 6.92 Å². The Morgan fingerprint density at radius 3 is 2.78 bits per heavy atom. The molecular weight excluding hydrogens is 278 g/mol. The third-order valence-corrected chi connectivity index (χ3v) is 3.21. The monoisotopic (exact) mass is 293 g/mol. The molecule has 0 unspecified atom stereocenters. The number of aryl methyl sites for hydroxylation is 1. The van der Waals surface area contributed by atoms with Crippen molar-refractivity contribution in [1.82, 2.24) is 9.88 Å². The second-order valence-electron chi connectivity index (χ2n) is 3.86. The molecule has 0 spiro atoms. The first-order chi connectivity index (χ1) is 8.33. The maximum Gasteiger partial charge on any atom is 0.267 e. The van der Waals surface area contributed by atoms with Crippen LogP contribution in [0.4, 0.5) is 0 Å². The van der Waals surface area contributed by atoms with Gasteiger partial charge in [0.1, 0.15) is 5.69 Å². The van der Waals surface area contributed by atoms with Gasteiger partial charge in [-0.1, -0.05) is 18.5 Å². The summed E-state index contributed by atoms with van der Waals surface area (Å²) in [5.41, 5.74) is 0.413. The van der Waals surface area contributed by atoms with E-state index in [2.05, 4.69) is 5.32 Å². The number of aromatic nitrogens is 1. The van der Waals surface area contributed by atoms with Gasteiger partial charge < -0.3 is 9.88 Å². The van der Waals surface area contributed by atoms with E-state index in [-0.39, 0.29) is 18.2 Å². The van der Waals surface area contributed by atoms with Crippen LogP contribution in [0.3, 0.4) is 0 Å². The SMILES string of the molecule is CCCn1cc(Cl)cc1C(=O)NCCS(N)(=O)=O. The molecule has 0 saturated carbocycles. The molecule has 8 heteroatoms. The van der Waals surface area contributed by atoms with Gasteiger partial charge in [0, 0.05) is 19.3 Å². The average molecular weight is 294 g/mol. The number of nitrogens with one attached hydrogen (secondary N) is 1. The van der Waals surface area contributed by atoms with Crippen LogP contribution in [0.1, 0.15) is 23.8 Å². The zero-order valence-electron chi connectivity index (χ0n) is 10.0. The Balaban J connectivity index is 2.66. The van der Waals surface area contributed by atoms with Gasteiger partial charge in [-0.25, -0.2) is 13.6 Å². The lowest BCUT2D eigenvalue weighted by atomic mass is 10.4. The normalized spacial score (nSPS) is 11.5. The predicted molar refractivity (Wildman–Crippen MR) is 70.0 cm³/mol. The summed E-state index contributed by atoms with van der Waals surface area (Å²) in [6.45, 7) is 2.63. The molecule has 1 heterocycles. The van der Waals surface area contributed by atoms with Gasteiger partial charge in [0.05, 0.1) is 10.8 Å². The summed E-state index contributed by atoms with van der Waals surface area (Å²) >= 11 is 5.84. The lowest BCUT2D eigenvalue weighted by Crippen LogP contribution is -2.32. The number of carbonyl (C=O) groups excluding carboxylic acids is 1. The van der Waals surface area contributed by atoms with E-state index in [4.69, 9.17) is 16.7 Å². The van der Waals surface area contributed by atoms with Crippen molar-refractivity contribution in [3.8, 4) is 0 Å². The minimum absolute atomic E-state index is 0.0212. The lowest BCUT2D eigenvalue weighted by molar-refractivity contribution is 0.0947. The fraction of sp³-hybridized carbons (Fsp3) is 0.500. The van der Waals surface area contributed by atoms with Crippen LogP contribution in [-0.2, 0) is 16.6 Å². The molecule has 102 valence electrons. The van der Waals surface area contributed by atoms with Crippen LogP contribution in [0.5, 0.6) is 0 Å². The molecule has 0 aliphatic carbocycles. The molecule has 18 heavy (non-hydrogen) atoms. The Morgan fingerprint density at radius 1 is 1.56 bits per heavy atom. The molecule has 3 N–H and O–H groups in total. The van der Waals surface area contributed by atoms with E-state index in [0.29, 0.717) is 17.3 Å². The molecule has 1 amide bonds. The largest absolute Gasteiger partial charge is 0.350 e. The summed E-state index contributed by atoms with van der Waals surface area (Å²) in [5, 5.41) is 7.80. The Kier molecular flexibility index (Phi) is 5.18. The second-order valence-corrected chi connectivity index (χ2v) is 6.03. The van der Waals surface area contributed by atoms with Gasteiger partial charge in [0.15, 0.2) is 0 Å². The molecular formula is C10H16ClN3O3S. The highest BCUT2D eigenvalue weighted by Gasteiger charge is 2.13. The molecule has 1 aromatic heterocycles. The van der Waals surface area contributed by atoms with Gasteiger partial charge in [-0.3, -0.25) is 4.79 Å². The van der Waals surface area contributed by atoms with Crippen molar-refractivity contribution in [3.05, 3.63) is 23.0 Å². The Hall–Kier alpha value is -1.05. The topological polar surface area (TPSA) is 94.2 Å². The van der Waals surface area contributed by atoms with E-state index < -0.39 is 10.0 Å². The van der Waals surface area contributed by atoms with Crippen LogP contribution in [0, 0.1) is 0 Å². The van der Waals surface area contributed by atoms with Crippen molar-refractivity contribution in [1.29, 1.82) is 0 Å². The van der Waals surface area contributed by atoms with Crippen molar-refractivity contribution < 1.29 is 13.2 Å². The molecule has 0 fully saturated rings. The molecule has 1 aromatic rings. The van der Waals surface area contributed by atoms with Crippen LogP contribution in [0.15, 0.2) is 12.3 Å². The fourth-order valence-corrected chi connectivity index (χ4v) is 2.10. The quantitative estimate of drug-likeness (QED) is 0.803. The van der Waals surface area contributed by atoms with Crippen molar-refractivity contribution in [2.45, 2.75) is 19.9 Å². The Bertz CT molecular complexity index is 524. The third kappa shape index (κ3) is 4.67. The Morgan fingerprint density at radius 2 is 2.22 bits per heavy atom. The number of hydrogen-bond acceptors (Lipinski definition) is 3. The number of nitrogens with zero attached hydrogens (tertiary/aromatic N) is 1. The highest BCUT2D eigenvalue weighted by atomic mass is 35.5. The van der Waals surface area contributed by atoms with Gasteiger partial charge in [-0.05, 0) is 12.5 Å². The van der Waals surface area contributed by atoms with Crippen molar-refractivity contribution >= 4 is 27.5 Å². The number of hydrogen-bond donors (Lipinski definition) is 2. The number of nitrogens with two attached hydrogens (primary N) is 1. The van der Waals surface area contributed by atoms with Gasteiger partial charge in [0.2, 0.25) is 10.0 Å². The van der Waals surface area contributed by atoms with Gasteiger partial charge >= 0.3 is 0 Å². The summed E-state index contributed by atoms with van der Waals surface area (Å²) in [6.07, 6.45) is 2.53. The molecule has 0 aliphatic heterocycles. The van der Waals surface area contributed by atoms with Gasteiger partial charge in [0.25, 0.3) is 5.91 Å². The van der Waals surface area contributed by atoms with Crippen molar-refractivity contribution in [2.75, 3.05) is 12.3 Å². The summed E-state index contributed by atoms with van der Waals surface area (Å²) in [6, 6.07) is 1.55. The first kappa shape index (κ1) is 15.0. The molecule has 0 aromatic carbocycles. The van der Waals surface area contributed by atoms with E-state index in [9.17, 15) is 13.2 Å². The summed E-state index contributed by atoms with van der Waals surface area (Å²) in [4.78, 5) is 11.8. The maximum absolute atomic E-state index is 11.8. The van der Waals surface area contributed by atoms with E-state index in [0.717, 1.165) is 6.42 Å². The number of sulfonamides is 1. The summed E-state index contributed by atoms with van der Waals surface area (Å²) in [7, 11) is -3.56. The van der Waals surface area contributed by atoms with Crippen molar-refractivity contribution in [2.24, 2.45) is 5.14 Å². The minimum Gasteiger partial charge on any atom is -0.350 e. The van der Waals surface area contributed by atoms with Gasteiger partial charge in [-0.2, -0.15) is 0 Å². The first-order valence-corrected chi connectivity index (χ1v) is 7.57. The molecule has 0 bridgehead atoms. The lowest BCUT2D eigenvalue weighted by Gasteiger charge is -2.08.